The normalized spacial score (nSPS) is 25.6. The fourth-order valence-corrected chi connectivity index (χ4v) is 4.51. The minimum absolute atomic E-state index is 0.0323. The van der Waals surface area contributed by atoms with Crippen LogP contribution >= 0.6 is 22.9 Å². The Hall–Kier alpha value is -0.780. The number of carbonyl (C=O) groups excluding carboxylic acids is 1. The van der Waals surface area contributed by atoms with E-state index < -0.39 is 0 Å². The van der Waals surface area contributed by atoms with Crippen LogP contribution in [0, 0.1) is 0 Å². The van der Waals surface area contributed by atoms with E-state index in [0.29, 0.717) is 18.6 Å². The third kappa shape index (κ3) is 3.90. The number of hydrogen-bond donors (Lipinski definition) is 2. The van der Waals surface area contributed by atoms with Gasteiger partial charge in [-0.05, 0) is 44.4 Å². The van der Waals surface area contributed by atoms with Gasteiger partial charge in [-0.3, -0.25) is 4.90 Å². The van der Waals surface area contributed by atoms with Crippen LogP contribution in [0.1, 0.15) is 30.6 Å². The molecule has 4 nitrogen and oxygen atoms in total. The Balaban J connectivity index is 1.40. The molecule has 3 rings (SSSR count). The van der Waals surface area contributed by atoms with Gasteiger partial charge >= 0.3 is 6.03 Å². The molecule has 6 heteroatoms. The molecule has 0 spiro atoms. The van der Waals surface area contributed by atoms with Crippen molar-refractivity contribution >= 4 is 29.0 Å². The third-order valence-electron chi connectivity index (χ3n) is 4.46. The summed E-state index contributed by atoms with van der Waals surface area (Å²) in [4.78, 5) is 15.7. The van der Waals surface area contributed by atoms with Gasteiger partial charge in [-0.2, -0.15) is 0 Å². The second-order valence-electron chi connectivity index (χ2n) is 5.85. The summed E-state index contributed by atoms with van der Waals surface area (Å²) in [6, 6.07) is 4.76. The average Bonchev–Trinajstić information content (AvgIpc) is 3.06. The second kappa shape index (κ2) is 6.99. The zero-order valence-corrected chi connectivity index (χ0v) is 13.7. The predicted molar refractivity (Wildman–Crippen MR) is 87.2 cm³/mol. The number of urea groups is 1. The molecular formula is C15H22ClN3OS. The van der Waals surface area contributed by atoms with Gasteiger partial charge in [0.2, 0.25) is 0 Å². The van der Waals surface area contributed by atoms with Gasteiger partial charge in [0.1, 0.15) is 0 Å². The molecule has 2 aliphatic rings. The third-order valence-corrected chi connectivity index (χ3v) is 5.75. The lowest BCUT2D eigenvalue weighted by Gasteiger charge is -2.32. The van der Waals surface area contributed by atoms with Crippen molar-refractivity contribution < 1.29 is 4.79 Å². The lowest BCUT2D eigenvalue weighted by molar-refractivity contribution is 0.179. The first-order chi connectivity index (χ1) is 10.2. The summed E-state index contributed by atoms with van der Waals surface area (Å²) in [5, 5.41) is 6.11. The molecule has 0 radical (unpaired) electrons. The number of amides is 2. The molecule has 0 aromatic carbocycles. The van der Waals surface area contributed by atoms with Crippen LogP contribution in [0.15, 0.2) is 12.1 Å². The Labute approximate surface area is 134 Å². The van der Waals surface area contributed by atoms with Gasteiger partial charge < -0.3 is 10.6 Å². The number of halogens is 1. The monoisotopic (exact) mass is 327 g/mol. The Morgan fingerprint density at radius 3 is 3.05 bits per heavy atom. The largest absolute Gasteiger partial charge is 0.338 e. The maximum atomic E-state index is 12.0. The van der Waals surface area contributed by atoms with E-state index >= 15 is 0 Å². The summed E-state index contributed by atoms with van der Waals surface area (Å²) in [5.74, 6) is 0. The summed E-state index contributed by atoms with van der Waals surface area (Å²) in [6.45, 7) is 2.98. The second-order valence-corrected chi connectivity index (χ2v) is 7.65. The van der Waals surface area contributed by atoms with Gasteiger partial charge in [0.05, 0.1) is 4.34 Å². The van der Waals surface area contributed by atoms with Gasteiger partial charge in [0, 0.05) is 30.1 Å². The van der Waals surface area contributed by atoms with Crippen molar-refractivity contribution in [2.75, 3.05) is 19.6 Å². The van der Waals surface area contributed by atoms with E-state index in [1.807, 2.05) is 12.1 Å². The van der Waals surface area contributed by atoms with Crippen LogP contribution in [0.5, 0.6) is 0 Å². The van der Waals surface area contributed by atoms with E-state index in [9.17, 15) is 4.79 Å². The number of carbonyl (C=O) groups is 1. The highest BCUT2D eigenvalue weighted by Crippen LogP contribution is 2.27. The van der Waals surface area contributed by atoms with E-state index in [4.69, 9.17) is 11.6 Å². The first-order valence-corrected chi connectivity index (χ1v) is 8.94. The molecule has 1 aromatic rings. The highest BCUT2D eigenvalue weighted by Gasteiger charge is 2.36. The number of nitrogens with one attached hydrogen (secondary N) is 2. The predicted octanol–water partition coefficient (Wildman–Crippen LogP) is 2.87. The maximum Gasteiger partial charge on any atom is 0.315 e. The van der Waals surface area contributed by atoms with Gasteiger partial charge in [-0.15, -0.1) is 11.3 Å². The van der Waals surface area contributed by atoms with Crippen LogP contribution in [-0.4, -0.2) is 42.6 Å². The molecule has 2 fully saturated rings. The van der Waals surface area contributed by atoms with Gasteiger partial charge in [0.25, 0.3) is 0 Å². The van der Waals surface area contributed by atoms with E-state index in [2.05, 4.69) is 15.5 Å². The molecular weight excluding hydrogens is 306 g/mol. The Morgan fingerprint density at radius 2 is 2.24 bits per heavy atom. The summed E-state index contributed by atoms with van der Waals surface area (Å²) >= 11 is 7.47. The SMILES string of the molecule is O=C(NCCc1ccc(Cl)s1)N[C@@H]1CCN2CCCC[C@@H]12. The minimum atomic E-state index is -0.0323. The van der Waals surface area contributed by atoms with Crippen molar-refractivity contribution in [2.45, 2.75) is 44.2 Å². The summed E-state index contributed by atoms with van der Waals surface area (Å²) < 4.78 is 0.804. The summed E-state index contributed by atoms with van der Waals surface area (Å²) in [5.41, 5.74) is 0. The van der Waals surface area contributed by atoms with Crippen LogP contribution < -0.4 is 10.6 Å². The van der Waals surface area contributed by atoms with Gasteiger partial charge in [-0.1, -0.05) is 18.0 Å². The van der Waals surface area contributed by atoms with E-state index in [1.165, 1.54) is 30.7 Å². The molecule has 3 heterocycles. The number of rotatable bonds is 4. The number of piperidine rings is 1. The van der Waals surface area contributed by atoms with E-state index in [-0.39, 0.29) is 6.03 Å². The lowest BCUT2D eigenvalue weighted by atomic mass is 9.99. The fourth-order valence-electron chi connectivity index (χ4n) is 3.42. The molecule has 0 aliphatic carbocycles. The van der Waals surface area contributed by atoms with E-state index in [1.54, 1.807) is 11.3 Å². The Morgan fingerprint density at radius 1 is 1.33 bits per heavy atom. The van der Waals surface area contributed by atoms with Crippen LogP contribution in [0.4, 0.5) is 4.79 Å². The molecule has 21 heavy (non-hydrogen) atoms. The average molecular weight is 328 g/mol. The molecule has 2 atom stereocenters. The number of hydrogen-bond acceptors (Lipinski definition) is 3. The maximum absolute atomic E-state index is 12.0. The highest BCUT2D eigenvalue weighted by atomic mass is 35.5. The first-order valence-electron chi connectivity index (χ1n) is 7.75. The first kappa shape index (κ1) is 15.1. The molecule has 2 amide bonds. The van der Waals surface area contributed by atoms with Crippen molar-refractivity contribution in [2.24, 2.45) is 0 Å². The molecule has 2 aliphatic heterocycles. The van der Waals surface area contributed by atoms with Crippen LogP contribution in [0.25, 0.3) is 0 Å². The molecule has 116 valence electrons. The molecule has 2 saturated heterocycles. The Bertz CT molecular complexity index is 493. The van der Waals surface area contributed by atoms with Crippen LogP contribution in [0.3, 0.4) is 0 Å². The number of thiophene rings is 1. The van der Waals surface area contributed by atoms with E-state index in [0.717, 1.165) is 23.7 Å². The van der Waals surface area contributed by atoms with Crippen molar-refractivity contribution in [1.29, 1.82) is 0 Å². The van der Waals surface area contributed by atoms with Crippen molar-refractivity contribution in [3.05, 3.63) is 21.3 Å². The highest BCUT2D eigenvalue weighted by molar-refractivity contribution is 7.16. The zero-order chi connectivity index (χ0) is 14.7. The molecule has 2 N–H and O–H groups in total. The van der Waals surface area contributed by atoms with Crippen LogP contribution in [-0.2, 0) is 6.42 Å². The fraction of sp³-hybridized carbons (Fsp3) is 0.667. The van der Waals surface area contributed by atoms with Gasteiger partial charge in [-0.25, -0.2) is 4.79 Å². The molecule has 0 saturated carbocycles. The number of nitrogens with zero attached hydrogens (tertiary/aromatic N) is 1. The van der Waals surface area contributed by atoms with Crippen molar-refractivity contribution in [3.63, 3.8) is 0 Å². The topological polar surface area (TPSA) is 44.4 Å². The molecule has 0 unspecified atom stereocenters. The molecule has 1 aromatic heterocycles. The molecule has 0 bridgehead atoms. The van der Waals surface area contributed by atoms with Crippen molar-refractivity contribution in [3.8, 4) is 0 Å². The smallest absolute Gasteiger partial charge is 0.315 e. The summed E-state index contributed by atoms with van der Waals surface area (Å²) in [7, 11) is 0. The van der Waals surface area contributed by atoms with Crippen LogP contribution in [0.2, 0.25) is 4.34 Å². The summed E-state index contributed by atoms with van der Waals surface area (Å²) in [6.07, 6.45) is 5.74. The van der Waals surface area contributed by atoms with Crippen molar-refractivity contribution in [1.82, 2.24) is 15.5 Å². The Kier molecular flexibility index (Phi) is 5.03. The van der Waals surface area contributed by atoms with Gasteiger partial charge in [0.15, 0.2) is 0 Å². The minimum Gasteiger partial charge on any atom is -0.338 e. The standard InChI is InChI=1S/C15H22ClN3OS/c16-14-5-4-11(21-14)6-8-17-15(20)18-12-7-10-19-9-2-1-3-13(12)19/h4-5,12-13H,1-3,6-10H2,(H2,17,18,20)/t12-,13+/m1/s1. The quantitative estimate of drug-likeness (QED) is 0.893. The lowest BCUT2D eigenvalue weighted by Crippen LogP contribution is -2.49. The zero-order valence-electron chi connectivity index (χ0n) is 12.1. The number of fused-ring (bicyclic) bond motifs is 1.